The molecule has 0 spiro atoms. The zero-order valence-electron chi connectivity index (χ0n) is 9.36. The van der Waals surface area contributed by atoms with Gasteiger partial charge in [-0.25, -0.2) is 0 Å². The van der Waals surface area contributed by atoms with Crippen LogP contribution in [0.4, 0.5) is 5.69 Å². The molecule has 0 radical (unpaired) electrons. The maximum absolute atomic E-state index is 11.3. The highest BCUT2D eigenvalue weighted by molar-refractivity contribution is 5.78. The minimum absolute atomic E-state index is 0.0195. The molecule has 1 aliphatic carbocycles. The van der Waals surface area contributed by atoms with E-state index in [1.54, 1.807) is 0 Å². The molecule has 0 aliphatic heterocycles. The molecule has 3 heteroatoms. The summed E-state index contributed by atoms with van der Waals surface area (Å²) >= 11 is 0. The first-order valence-corrected chi connectivity index (χ1v) is 5.88. The first kappa shape index (κ1) is 11.0. The topological polar surface area (TPSA) is 55.1 Å². The SMILES string of the molecule is NC(=O)[C@H]1CCCC[C@H]1Nc1ccccc1. The highest BCUT2D eigenvalue weighted by Gasteiger charge is 2.28. The molecule has 1 amide bonds. The number of anilines is 1. The van der Waals surface area contributed by atoms with Gasteiger partial charge in [0.1, 0.15) is 0 Å². The molecule has 0 bridgehead atoms. The van der Waals surface area contributed by atoms with Gasteiger partial charge in [-0.05, 0) is 25.0 Å². The van der Waals surface area contributed by atoms with Crippen molar-refractivity contribution in [3.05, 3.63) is 30.3 Å². The Morgan fingerprint density at radius 3 is 2.56 bits per heavy atom. The van der Waals surface area contributed by atoms with Gasteiger partial charge in [-0.2, -0.15) is 0 Å². The van der Waals surface area contributed by atoms with Crippen LogP contribution in [0.1, 0.15) is 25.7 Å². The molecule has 0 unspecified atom stereocenters. The Morgan fingerprint density at radius 2 is 1.88 bits per heavy atom. The maximum Gasteiger partial charge on any atom is 0.222 e. The average Bonchev–Trinajstić information content (AvgIpc) is 2.31. The van der Waals surface area contributed by atoms with Crippen molar-refractivity contribution in [1.29, 1.82) is 0 Å². The van der Waals surface area contributed by atoms with Crippen LogP contribution in [0.5, 0.6) is 0 Å². The molecule has 0 heterocycles. The quantitative estimate of drug-likeness (QED) is 0.816. The summed E-state index contributed by atoms with van der Waals surface area (Å²) in [5.41, 5.74) is 6.50. The van der Waals surface area contributed by atoms with Crippen LogP contribution in [0.25, 0.3) is 0 Å². The summed E-state index contributed by atoms with van der Waals surface area (Å²) in [6.07, 6.45) is 4.23. The van der Waals surface area contributed by atoms with Gasteiger partial charge in [-0.1, -0.05) is 31.0 Å². The third kappa shape index (κ3) is 2.54. The largest absolute Gasteiger partial charge is 0.382 e. The Kier molecular flexibility index (Phi) is 3.44. The number of primary amides is 1. The second-order valence-electron chi connectivity index (χ2n) is 4.41. The lowest BCUT2D eigenvalue weighted by molar-refractivity contribution is -0.122. The summed E-state index contributed by atoms with van der Waals surface area (Å²) in [7, 11) is 0. The van der Waals surface area contributed by atoms with Crippen LogP contribution in [0.2, 0.25) is 0 Å². The van der Waals surface area contributed by atoms with E-state index in [1.807, 2.05) is 30.3 Å². The van der Waals surface area contributed by atoms with E-state index in [0.29, 0.717) is 0 Å². The van der Waals surface area contributed by atoms with Crippen LogP contribution in [-0.2, 0) is 4.79 Å². The summed E-state index contributed by atoms with van der Waals surface area (Å²) in [6, 6.07) is 10.2. The van der Waals surface area contributed by atoms with Gasteiger partial charge >= 0.3 is 0 Å². The molecule has 1 aromatic rings. The number of carbonyl (C=O) groups excluding carboxylic acids is 1. The summed E-state index contributed by atoms with van der Waals surface area (Å²) < 4.78 is 0. The summed E-state index contributed by atoms with van der Waals surface area (Å²) in [5, 5.41) is 3.41. The highest BCUT2D eigenvalue weighted by atomic mass is 16.1. The van der Waals surface area contributed by atoms with Gasteiger partial charge < -0.3 is 11.1 Å². The number of carbonyl (C=O) groups is 1. The first-order chi connectivity index (χ1) is 7.77. The zero-order valence-corrected chi connectivity index (χ0v) is 9.36. The molecule has 0 aromatic heterocycles. The maximum atomic E-state index is 11.3. The van der Waals surface area contributed by atoms with Crippen molar-refractivity contribution in [2.24, 2.45) is 11.7 Å². The number of benzene rings is 1. The van der Waals surface area contributed by atoms with E-state index in [-0.39, 0.29) is 17.9 Å². The van der Waals surface area contributed by atoms with Crippen LogP contribution in [-0.4, -0.2) is 11.9 Å². The number of hydrogen-bond acceptors (Lipinski definition) is 2. The Morgan fingerprint density at radius 1 is 1.19 bits per heavy atom. The fourth-order valence-electron chi connectivity index (χ4n) is 2.39. The summed E-state index contributed by atoms with van der Waals surface area (Å²) in [4.78, 5) is 11.3. The Bertz CT molecular complexity index is 350. The van der Waals surface area contributed by atoms with E-state index in [0.717, 1.165) is 24.9 Å². The first-order valence-electron chi connectivity index (χ1n) is 5.88. The van der Waals surface area contributed by atoms with Crippen molar-refractivity contribution in [2.45, 2.75) is 31.7 Å². The van der Waals surface area contributed by atoms with Crippen LogP contribution >= 0.6 is 0 Å². The smallest absolute Gasteiger partial charge is 0.222 e. The van der Waals surface area contributed by atoms with Crippen molar-refractivity contribution in [1.82, 2.24) is 0 Å². The number of amides is 1. The number of rotatable bonds is 3. The molecule has 1 aromatic carbocycles. The van der Waals surface area contributed by atoms with E-state index >= 15 is 0 Å². The standard InChI is InChI=1S/C13H18N2O/c14-13(16)11-8-4-5-9-12(11)15-10-6-2-1-3-7-10/h1-3,6-7,11-12,15H,4-5,8-9H2,(H2,14,16)/t11-,12+/m0/s1. The Hall–Kier alpha value is -1.51. The third-order valence-electron chi connectivity index (χ3n) is 3.26. The average molecular weight is 218 g/mol. The van der Waals surface area contributed by atoms with E-state index < -0.39 is 0 Å². The number of hydrogen-bond donors (Lipinski definition) is 2. The van der Waals surface area contributed by atoms with Crippen LogP contribution in [0, 0.1) is 5.92 Å². The Labute approximate surface area is 96.0 Å². The molecule has 3 N–H and O–H groups in total. The molecule has 0 saturated heterocycles. The van der Waals surface area contributed by atoms with E-state index in [9.17, 15) is 4.79 Å². The van der Waals surface area contributed by atoms with Crippen molar-refractivity contribution in [3.8, 4) is 0 Å². The fraction of sp³-hybridized carbons (Fsp3) is 0.462. The van der Waals surface area contributed by atoms with Crippen LogP contribution in [0.3, 0.4) is 0 Å². The predicted octanol–water partition coefficient (Wildman–Crippen LogP) is 2.14. The van der Waals surface area contributed by atoms with Gasteiger partial charge in [0.25, 0.3) is 0 Å². The number of nitrogens with one attached hydrogen (secondary N) is 1. The minimum Gasteiger partial charge on any atom is -0.382 e. The predicted molar refractivity (Wildman–Crippen MR) is 65.0 cm³/mol. The van der Waals surface area contributed by atoms with E-state index in [4.69, 9.17) is 5.73 Å². The lowest BCUT2D eigenvalue weighted by Gasteiger charge is -2.30. The van der Waals surface area contributed by atoms with Gasteiger partial charge in [-0.3, -0.25) is 4.79 Å². The fourth-order valence-corrected chi connectivity index (χ4v) is 2.39. The molecule has 2 rings (SSSR count). The van der Waals surface area contributed by atoms with Gasteiger partial charge in [0, 0.05) is 11.7 Å². The van der Waals surface area contributed by atoms with Gasteiger partial charge in [0.2, 0.25) is 5.91 Å². The molecule has 3 nitrogen and oxygen atoms in total. The number of nitrogens with two attached hydrogens (primary N) is 1. The van der Waals surface area contributed by atoms with Gasteiger partial charge in [0.05, 0.1) is 5.92 Å². The van der Waals surface area contributed by atoms with Crippen LogP contribution in [0.15, 0.2) is 30.3 Å². The van der Waals surface area contributed by atoms with Crippen molar-refractivity contribution in [2.75, 3.05) is 5.32 Å². The third-order valence-corrected chi connectivity index (χ3v) is 3.26. The molecular formula is C13H18N2O. The summed E-state index contributed by atoms with van der Waals surface area (Å²) in [6.45, 7) is 0. The van der Waals surface area contributed by atoms with Crippen LogP contribution < -0.4 is 11.1 Å². The lowest BCUT2D eigenvalue weighted by Crippen LogP contribution is -2.40. The van der Waals surface area contributed by atoms with Gasteiger partial charge in [0.15, 0.2) is 0 Å². The molecule has 16 heavy (non-hydrogen) atoms. The highest BCUT2D eigenvalue weighted by Crippen LogP contribution is 2.26. The monoisotopic (exact) mass is 218 g/mol. The normalized spacial score (nSPS) is 25.0. The number of para-hydroxylation sites is 1. The molecule has 86 valence electrons. The van der Waals surface area contributed by atoms with Gasteiger partial charge in [-0.15, -0.1) is 0 Å². The second kappa shape index (κ2) is 5.01. The lowest BCUT2D eigenvalue weighted by atomic mass is 9.84. The molecule has 1 saturated carbocycles. The zero-order chi connectivity index (χ0) is 11.4. The van der Waals surface area contributed by atoms with E-state index in [2.05, 4.69) is 5.32 Å². The summed E-state index contributed by atoms with van der Waals surface area (Å²) in [5.74, 6) is -0.193. The molecule has 2 atom stereocenters. The molecular weight excluding hydrogens is 200 g/mol. The molecule has 1 fully saturated rings. The van der Waals surface area contributed by atoms with E-state index in [1.165, 1.54) is 6.42 Å². The Balaban J connectivity index is 2.04. The van der Waals surface area contributed by atoms with Crippen molar-refractivity contribution < 1.29 is 4.79 Å². The van der Waals surface area contributed by atoms with Crippen molar-refractivity contribution >= 4 is 11.6 Å². The van der Waals surface area contributed by atoms with Crippen molar-refractivity contribution in [3.63, 3.8) is 0 Å². The second-order valence-corrected chi connectivity index (χ2v) is 4.41. The molecule has 1 aliphatic rings. The minimum atomic E-state index is -0.173.